The summed E-state index contributed by atoms with van der Waals surface area (Å²) < 4.78 is 1.97. The van der Waals surface area contributed by atoms with Crippen molar-refractivity contribution in [3.8, 4) is 0 Å². The van der Waals surface area contributed by atoms with Crippen LogP contribution in [0.25, 0.3) is 0 Å². The third-order valence-corrected chi connectivity index (χ3v) is 2.70. The summed E-state index contributed by atoms with van der Waals surface area (Å²) >= 11 is 0. The number of nitrogens with zero attached hydrogens (tertiary/aromatic N) is 3. The van der Waals surface area contributed by atoms with Crippen LogP contribution in [0.4, 0.5) is 0 Å². The van der Waals surface area contributed by atoms with E-state index in [2.05, 4.69) is 15.5 Å². The summed E-state index contributed by atoms with van der Waals surface area (Å²) in [7, 11) is 1.96. The van der Waals surface area contributed by atoms with E-state index in [-0.39, 0.29) is 6.10 Å². The fraction of sp³-hybridized carbons (Fsp3) is 0.600. The molecule has 0 aliphatic carbocycles. The summed E-state index contributed by atoms with van der Waals surface area (Å²) in [5, 5.41) is 20.7. The molecule has 5 nitrogen and oxygen atoms in total. The lowest BCUT2D eigenvalue weighted by molar-refractivity contribution is 0.212. The average Bonchev–Trinajstić information content (AvgIpc) is 2.50. The van der Waals surface area contributed by atoms with Crippen LogP contribution in [0.2, 0.25) is 0 Å². The number of aliphatic hydroxyl groups excluding tert-OH is 1. The highest BCUT2D eigenvalue weighted by Crippen LogP contribution is 2.09. The quantitative estimate of drug-likeness (QED) is 0.647. The summed E-state index contributed by atoms with van der Waals surface area (Å²) in [6.45, 7) is 3.39. The first-order valence-electron chi connectivity index (χ1n) is 5.10. The SMILES string of the molecule is Cc1nnc(CC2=CC(O)CNC2)n1C. The number of aliphatic hydroxyl groups is 1. The molecule has 0 saturated carbocycles. The second kappa shape index (κ2) is 4.12. The van der Waals surface area contributed by atoms with E-state index in [0.29, 0.717) is 6.54 Å². The molecule has 0 bridgehead atoms. The van der Waals surface area contributed by atoms with Crippen LogP contribution in [0, 0.1) is 6.92 Å². The minimum atomic E-state index is -0.372. The van der Waals surface area contributed by atoms with Gasteiger partial charge in [0.05, 0.1) is 6.10 Å². The smallest absolute Gasteiger partial charge is 0.136 e. The van der Waals surface area contributed by atoms with E-state index in [0.717, 1.165) is 24.6 Å². The number of aryl methyl sites for hydroxylation is 1. The predicted molar refractivity (Wildman–Crippen MR) is 56.4 cm³/mol. The Bertz CT molecular complexity index is 383. The normalized spacial score (nSPS) is 21.5. The highest BCUT2D eigenvalue weighted by molar-refractivity contribution is 5.16. The molecule has 0 aromatic carbocycles. The Morgan fingerprint density at radius 3 is 3.00 bits per heavy atom. The molecule has 1 unspecified atom stereocenters. The van der Waals surface area contributed by atoms with Gasteiger partial charge in [0.1, 0.15) is 11.6 Å². The minimum Gasteiger partial charge on any atom is -0.388 e. The van der Waals surface area contributed by atoms with Crippen molar-refractivity contribution in [1.29, 1.82) is 0 Å². The lowest BCUT2D eigenvalue weighted by Gasteiger charge is -2.18. The molecule has 0 fully saturated rings. The van der Waals surface area contributed by atoms with E-state index < -0.39 is 0 Å². The highest BCUT2D eigenvalue weighted by Gasteiger charge is 2.13. The van der Waals surface area contributed by atoms with Crippen LogP contribution in [0.15, 0.2) is 11.6 Å². The molecule has 82 valence electrons. The first-order valence-corrected chi connectivity index (χ1v) is 5.10. The summed E-state index contributed by atoms with van der Waals surface area (Å²) in [5.74, 6) is 1.85. The Balaban J connectivity index is 2.12. The lowest BCUT2D eigenvalue weighted by Crippen LogP contribution is -2.33. The van der Waals surface area contributed by atoms with Gasteiger partial charge < -0.3 is 15.0 Å². The Hall–Kier alpha value is -1.20. The first kappa shape index (κ1) is 10.3. The van der Waals surface area contributed by atoms with Gasteiger partial charge in [0.2, 0.25) is 0 Å². The summed E-state index contributed by atoms with van der Waals surface area (Å²) in [6.07, 6.45) is 2.28. The standard InChI is InChI=1S/C10H16N4O/c1-7-12-13-10(14(7)2)4-8-3-9(15)6-11-5-8/h3,9,11,15H,4-6H2,1-2H3. The van der Waals surface area contributed by atoms with Crippen molar-refractivity contribution in [3.63, 3.8) is 0 Å². The molecule has 0 saturated heterocycles. The van der Waals surface area contributed by atoms with Crippen molar-refractivity contribution in [3.05, 3.63) is 23.3 Å². The van der Waals surface area contributed by atoms with Crippen molar-refractivity contribution >= 4 is 0 Å². The molecule has 1 aromatic heterocycles. The maximum atomic E-state index is 9.45. The van der Waals surface area contributed by atoms with Crippen molar-refractivity contribution in [1.82, 2.24) is 20.1 Å². The van der Waals surface area contributed by atoms with Crippen LogP contribution in [0.1, 0.15) is 11.6 Å². The van der Waals surface area contributed by atoms with Gasteiger partial charge in [-0.25, -0.2) is 0 Å². The molecule has 1 aliphatic heterocycles. The molecule has 2 heterocycles. The van der Waals surface area contributed by atoms with E-state index >= 15 is 0 Å². The van der Waals surface area contributed by atoms with Gasteiger partial charge in [0.25, 0.3) is 0 Å². The van der Waals surface area contributed by atoms with Gasteiger partial charge in [0, 0.05) is 26.6 Å². The molecular weight excluding hydrogens is 192 g/mol. The van der Waals surface area contributed by atoms with Gasteiger partial charge in [-0.15, -0.1) is 10.2 Å². The summed E-state index contributed by atoms with van der Waals surface area (Å²) in [6, 6.07) is 0. The van der Waals surface area contributed by atoms with E-state index in [1.165, 1.54) is 5.57 Å². The Kier molecular flexibility index (Phi) is 2.83. The largest absolute Gasteiger partial charge is 0.388 e. The molecule has 1 atom stereocenters. The van der Waals surface area contributed by atoms with Gasteiger partial charge in [-0.2, -0.15) is 0 Å². The zero-order valence-electron chi connectivity index (χ0n) is 9.06. The first-order chi connectivity index (χ1) is 7.16. The van der Waals surface area contributed by atoms with Crippen LogP contribution < -0.4 is 5.32 Å². The number of hydrogen-bond acceptors (Lipinski definition) is 4. The second-order valence-corrected chi connectivity index (χ2v) is 3.92. The Labute approximate surface area is 88.8 Å². The molecule has 0 radical (unpaired) electrons. The fourth-order valence-electron chi connectivity index (χ4n) is 1.70. The molecule has 1 aliphatic rings. The number of nitrogens with one attached hydrogen (secondary N) is 1. The summed E-state index contributed by atoms with van der Waals surface area (Å²) in [4.78, 5) is 0. The van der Waals surface area contributed by atoms with Crippen LogP contribution in [-0.4, -0.2) is 39.1 Å². The Morgan fingerprint density at radius 1 is 1.60 bits per heavy atom. The fourth-order valence-corrected chi connectivity index (χ4v) is 1.70. The van der Waals surface area contributed by atoms with Gasteiger partial charge >= 0.3 is 0 Å². The van der Waals surface area contributed by atoms with Crippen LogP contribution in [0.3, 0.4) is 0 Å². The maximum Gasteiger partial charge on any atom is 0.136 e. The number of aromatic nitrogens is 3. The molecule has 5 heteroatoms. The summed E-state index contributed by atoms with van der Waals surface area (Å²) in [5.41, 5.74) is 1.17. The van der Waals surface area contributed by atoms with Crippen molar-refractivity contribution in [2.24, 2.45) is 7.05 Å². The van der Waals surface area contributed by atoms with E-state index in [4.69, 9.17) is 0 Å². The molecule has 2 N–H and O–H groups in total. The van der Waals surface area contributed by atoms with Crippen molar-refractivity contribution < 1.29 is 5.11 Å². The van der Waals surface area contributed by atoms with Crippen LogP contribution in [0.5, 0.6) is 0 Å². The molecule has 15 heavy (non-hydrogen) atoms. The number of β-amino-alcohol motifs (C(OH)–C–C–N with tert-alkyl or cyclic N) is 1. The monoisotopic (exact) mass is 208 g/mol. The van der Waals surface area contributed by atoms with E-state index in [1.54, 1.807) is 0 Å². The maximum absolute atomic E-state index is 9.45. The predicted octanol–water partition coefficient (Wildman–Crippen LogP) is -0.443. The highest BCUT2D eigenvalue weighted by atomic mass is 16.3. The topological polar surface area (TPSA) is 63.0 Å². The van der Waals surface area contributed by atoms with Crippen LogP contribution >= 0.6 is 0 Å². The molecule has 0 spiro atoms. The zero-order valence-corrected chi connectivity index (χ0v) is 9.06. The van der Waals surface area contributed by atoms with Gasteiger partial charge in [-0.1, -0.05) is 11.6 Å². The molecule has 1 aromatic rings. The van der Waals surface area contributed by atoms with Crippen LogP contribution in [-0.2, 0) is 13.5 Å². The van der Waals surface area contributed by atoms with Gasteiger partial charge in [0.15, 0.2) is 0 Å². The number of rotatable bonds is 2. The third-order valence-electron chi connectivity index (χ3n) is 2.70. The lowest BCUT2D eigenvalue weighted by atomic mass is 10.1. The van der Waals surface area contributed by atoms with Crippen molar-refractivity contribution in [2.45, 2.75) is 19.4 Å². The minimum absolute atomic E-state index is 0.372. The van der Waals surface area contributed by atoms with Gasteiger partial charge in [-0.3, -0.25) is 0 Å². The second-order valence-electron chi connectivity index (χ2n) is 3.92. The average molecular weight is 208 g/mol. The number of hydrogen-bond donors (Lipinski definition) is 2. The molecular formula is C10H16N4O. The Morgan fingerprint density at radius 2 is 2.40 bits per heavy atom. The third kappa shape index (κ3) is 2.24. The van der Waals surface area contributed by atoms with E-state index in [9.17, 15) is 5.11 Å². The zero-order chi connectivity index (χ0) is 10.8. The van der Waals surface area contributed by atoms with Crippen molar-refractivity contribution in [2.75, 3.05) is 13.1 Å². The molecule has 2 rings (SSSR count). The molecule has 0 amide bonds. The van der Waals surface area contributed by atoms with Gasteiger partial charge in [-0.05, 0) is 6.92 Å². The van der Waals surface area contributed by atoms with E-state index in [1.807, 2.05) is 24.6 Å².